The summed E-state index contributed by atoms with van der Waals surface area (Å²) >= 11 is 0. The number of carbonyl (C=O) groups is 2. The molecule has 3 saturated carbocycles. The first-order chi connectivity index (χ1) is 18.3. The van der Waals surface area contributed by atoms with Crippen molar-refractivity contribution in [3.63, 3.8) is 0 Å². The van der Waals surface area contributed by atoms with Gasteiger partial charge >= 0.3 is 13.1 Å². The van der Waals surface area contributed by atoms with Crippen molar-refractivity contribution in [3.8, 4) is 5.75 Å². The van der Waals surface area contributed by atoms with Gasteiger partial charge in [0.25, 0.3) is 0 Å². The minimum absolute atomic E-state index is 0. The molecule has 5 rings (SSSR count). The Morgan fingerprint density at radius 3 is 2.65 bits per heavy atom. The monoisotopic (exact) mass is 575 g/mol. The maximum absolute atomic E-state index is 13.7. The number of benzene rings is 1. The molecule has 2 unspecified atom stereocenters. The second-order valence-electron chi connectivity index (χ2n) is 13.1. The number of aliphatic hydroxyl groups is 1. The molecule has 5 N–H and O–H groups in total. The zero-order valence-corrected chi connectivity index (χ0v) is 24.7. The van der Waals surface area contributed by atoms with E-state index in [0.29, 0.717) is 30.5 Å². The number of carbonyl (C=O) groups excluding carboxylic acids is 1. The van der Waals surface area contributed by atoms with Crippen LogP contribution in [-0.4, -0.2) is 52.9 Å². The number of fused-ring (bicyclic) bond motifs is 1. The van der Waals surface area contributed by atoms with E-state index in [4.69, 9.17) is 15.1 Å². The van der Waals surface area contributed by atoms with E-state index in [0.717, 1.165) is 18.4 Å². The molecule has 0 radical (unpaired) electrons. The van der Waals surface area contributed by atoms with E-state index in [1.807, 2.05) is 6.92 Å². The van der Waals surface area contributed by atoms with Crippen molar-refractivity contribution < 1.29 is 34.2 Å². The van der Waals surface area contributed by atoms with Crippen LogP contribution in [0.2, 0.25) is 0 Å². The third-order valence-electron chi connectivity index (χ3n) is 11.5. The maximum Gasteiger partial charge on any atom is 0.492 e. The summed E-state index contributed by atoms with van der Waals surface area (Å²) in [6, 6.07) is 5.06. The van der Waals surface area contributed by atoms with Crippen molar-refractivity contribution in [1.29, 1.82) is 0 Å². The van der Waals surface area contributed by atoms with Crippen molar-refractivity contribution in [2.24, 2.45) is 45.7 Å². The SMILES string of the molecule is C=C[C@]1(C)C[C@@H](C(Oc2ccc3c(c2)B(O)OC3CN)C(=O)O)[C@@]2(C)[C@H](C)CC[C@]3(CCC(=O)[C@H]32)[C@@H](C)[C@@H]1O.Cl. The minimum Gasteiger partial charge on any atom is -0.478 e. The number of carboxylic acids is 1. The molecule has 1 aromatic rings. The molecule has 40 heavy (non-hydrogen) atoms. The number of aliphatic carboxylic acids is 1. The fraction of sp³-hybridized carbons (Fsp3) is 0.667. The summed E-state index contributed by atoms with van der Waals surface area (Å²) in [6.45, 7) is 12.5. The lowest BCUT2D eigenvalue weighted by molar-refractivity contribution is -0.193. The Morgan fingerprint density at radius 2 is 2.02 bits per heavy atom. The molecule has 3 fully saturated rings. The first-order valence-corrected chi connectivity index (χ1v) is 14.2. The van der Waals surface area contributed by atoms with Gasteiger partial charge in [-0.25, -0.2) is 4.79 Å². The van der Waals surface area contributed by atoms with Crippen LogP contribution >= 0.6 is 12.4 Å². The van der Waals surface area contributed by atoms with E-state index in [1.165, 1.54) is 0 Å². The van der Waals surface area contributed by atoms with E-state index >= 15 is 0 Å². The lowest BCUT2D eigenvalue weighted by Crippen LogP contribution is -2.63. The van der Waals surface area contributed by atoms with Crippen LogP contribution in [0.1, 0.15) is 71.5 Å². The molecule has 1 aromatic carbocycles. The molecular weight excluding hydrogens is 533 g/mol. The highest BCUT2D eigenvalue weighted by molar-refractivity contribution is 6.61. The molecule has 3 aliphatic carbocycles. The Labute approximate surface area is 243 Å². The van der Waals surface area contributed by atoms with Gasteiger partial charge in [0.15, 0.2) is 6.10 Å². The molecule has 220 valence electrons. The molecule has 8 nitrogen and oxygen atoms in total. The van der Waals surface area contributed by atoms with E-state index < -0.39 is 53.6 Å². The lowest BCUT2D eigenvalue weighted by atomic mass is 9.41. The van der Waals surface area contributed by atoms with Gasteiger partial charge in [0.1, 0.15) is 11.5 Å². The number of nitrogens with two attached hydrogens (primary N) is 1. The molecular formula is C30H43BClNO7. The third-order valence-corrected chi connectivity index (χ3v) is 11.5. The number of Topliss-reactive ketones (excluding diaryl/α,β-unsaturated/α-hetero) is 1. The van der Waals surface area contributed by atoms with Gasteiger partial charge in [-0.3, -0.25) is 4.79 Å². The van der Waals surface area contributed by atoms with Crippen LogP contribution in [0.5, 0.6) is 5.75 Å². The standard InChI is InChI=1S/C30H42BNO7.ClH/c1-6-28(4)14-20(24(27(35)36)38-18-7-8-19-21(13-18)31(37)39-23(19)15-32)29(5)16(2)9-11-30(17(3)26(28)34)12-10-22(33)25(29)30;/h6-8,13,16-17,20,23-26,34,37H,1,9-12,14-15,32H2,2-5H3,(H,35,36);1H/t16-,17+,20+,23?,24?,25+,26+,28-,29-,30+;/m1./s1. The first-order valence-electron chi connectivity index (χ1n) is 14.2. The number of aliphatic hydroxyl groups excluding tert-OH is 1. The van der Waals surface area contributed by atoms with Crippen molar-refractivity contribution >= 4 is 36.7 Å². The number of ketones is 1. The fourth-order valence-electron chi connectivity index (χ4n) is 8.99. The second kappa shape index (κ2) is 10.7. The zero-order valence-electron chi connectivity index (χ0n) is 23.8. The quantitative estimate of drug-likeness (QED) is 0.299. The summed E-state index contributed by atoms with van der Waals surface area (Å²) in [5.41, 5.74) is 5.20. The van der Waals surface area contributed by atoms with Gasteiger partial charge in [-0.1, -0.05) is 39.8 Å². The molecule has 0 spiro atoms. The number of rotatable bonds is 6. The molecule has 10 atom stereocenters. The van der Waals surface area contributed by atoms with Gasteiger partial charge in [-0.05, 0) is 71.5 Å². The maximum atomic E-state index is 13.7. The average Bonchev–Trinajstić information content (AvgIpc) is 3.43. The average molecular weight is 576 g/mol. The molecule has 1 aliphatic heterocycles. The highest BCUT2D eigenvalue weighted by Crippen LogP contribution is 2.69. The Morgan fingerprint density at radius 1 is 1.32 bits per heavy atom. The van der Waals surface area contributed by atoms with E-state index in [1.54, 1.807) is 24.3 Å². The van der Waals surface area contributed by atoms with Crippen LogP contribution in [0.25, 0.3) is 0 Å². The topological polar surface area (TPSA) is 139 Å². The van der Waals surface area contributed by atoms with Crippen LogP contribution in [0.3, 0.4) is 0 Å². The molecule has 0 saturated heterocycles. The van der Waals surface area contributed by atoms with Crippen LogP contribution in [0.15, 0.2) is 30.9 Å². The van der Waals surface area contributed by atoms with Crippen molar-refractivity contribution in [2.45, 2.75) is 78.1 Å². The van der Waals surface area contributed by atoms with Gasteiger partial charge in [0.05, 0.1) is 12.2 Å². The highest BCUT2D eigenvalue weighted by atomic mass is 35.5. The van der Waals surface area contributed by atoms with Gasteiger partial charge in [0, 0.05) is 30.2 Å². The Hall–Kier alpha value is -1.91. The van der Waals surface area contributed by atoms with Crippen molar-refractivity contribution in [1.82, 2.24) is 0 Å². The number of hydrogen-bond donors (Lipinski definition) is 4. The Balaban J connectivity index is 0.00000370. The number of ether oxygens (including phenoxy) is 1. The predicted octanol–water partition coefficient (Wildman–Crippen LogP) is 3.27. The van der Waals surface area contributed by atoms with E-state index in [2.05, 4.69) is 27.4 Å². The molecule has 2 bridgehead atoms. The second-order valence-corrected chi connectivity index (χ2v) is 13.1. The summed E-state index contributed by atoms with van der Waals surface area (Å²) < 4.78 is 11.8. The van der Waals surface area contributed by atoms with Crippen molar-refractivity contribution in [2.75, 3.05) is 6.54 Å². The largest absolute Gasteiger partial charge is 0.492 e. The van der Waals surface area contributed by atoms with Crippen molar-refractivity contribution in [3.05, 3.63) is 36.4 Å². The van der Waals surface area contributed by atoms with Gasteiger partial charge < -0.3 is 30.4 Å². The summed E-state index contributed by atoms with van der Waals surface area (Å²) in [5, 5.41) is 32.8. The van der Waals surface area contributed by atoms with Crippen LogP contribution in [0.4, 0.5) is 0 Å². The third kappa shape index (κ3) is 4.35. The summed E-state index contributed by atoms with van der Waals surface area (Å²) in [6.07, 6.45) is 2.41. The van der Waals surface area contributed by atoms with Crippen LogP contribution < -0.4 is 15.9 Å². The predicted molar refractivity (Wildman–Crippen MR) is 154 cm³/mol. The Bertz CT molecular complexity index is 1180. The fourth-order valence-corrected chi connectivity index (χ4v) is 8.99. The number of carboxylic acid groups (broad SMARTS) is 1. The normalized spacial score (nSPS) is 41.2. The van der Waals surface area contributed by atoms with E-state index in [9.17, 15) is 24.8 Å². The van der Waals surface area contributed by atoms with E-state index in [-0.39, 0.29) is 42.5 Å². The highest BCUT2D eigenvalue weighted by Gasteiger charge is 2.69. The van der Waals surface area contributed by atoms with Crippen LogP contribution in [0, 0.1) is 39.9 Å². The molecule has 0 amide bonds. The Kier molecular flexibility index (Phi) is 8.33. The zero-order chi connectivity index (χ0) is 28.5. The first kappa shape index (κ1) is 31.0. The minimum atomic E-state index is -1.29. The lowest BCUT2D eigenvalue weighted by Gasteiger charge is -2.63. The molecule has 4 aliphatic rings. The summed E-state index contributed by atoms with van der Waals surface area (Å²) in [5.74, 6) is -1.66. The molecule has 10 heteroatoms. The number of halogens is 1. The van der Waals surface area contributed by atoms with Crippen LogP contribution in [-0.2, 0) is 14.2 Å². The van der Waals surface area contributed by atoms with Gasteiger partial charge in [-0.15, -0.1) is 19.0 Å². The van der Waals surface area contributed by atoms with Gasteiger partial charge in [-0.2, -0.15) is 0 Å². The summed E-state index contributed by atoms with van der Waals surface area (Å²) in [7, 11) is -1.17. The number of hydrogen-bond acceptors (Lipinski definition) is 7. The summed E-state index contributed by atoms with van der Waals surface area (Å²) in [4.78, 5) is 26.7. The molecule has 0 aromatic heterocycles. The smallest absolute Gasteiger partial charge is 0.478 e. The van der Waals surface area contributed by atoms with Gasteiger partial charge in [0.2, 0.25) is 0 Å². The molecule has 1 heterocycles.